The second-order valence-corrected chi connectivity index (χ2v) is 7.98. The Labute approximate surface area is 191 Å². The zero-order valence-corrected chi connectivity index (χ0v) is 17.3. The number of hydrogen-bond donors (Lipinski definition) is 1. The van der Waals surface area contributed by atoms with Crippen LogP contribution in [0.15, 0.2) is 42.4 Å². The standard InChI is InChI=1S/C23H19ClF2N2O4/c24-16-5-3-15(4-6-16)23(25,26)19(29)9-2-13-1-7-17-14(11-13)12-28(22(17)32)18-8-10-20(30)27-21(18)31/h1,3-7,11,18H,2,8-10,12H2,(H,27,30,31)/i2D2,7D. The van der Waals surface area contributed by atoms with Gasteiger partial charge in [-0.1, -0.05) is 35.9 Å². The van der Waals surface area contributed by atoms with Crippen molar-refractivity contribution in [2.45, 2.75) is 44.1 Å². The number of hydrogen-bond acceptors (Lipinski definition) is 4. The lowest BCUT2D eigenvalue weighted by Gasteiger charge is -2.29. The van der Waals surface area contributed by atoms with Crippen molar-refractivity contribution in [2.75, 3.05) is 0 Å². The first-order chi connectivity index (χ1) is 16.3. The van der Waals surface area contributed by atoms with Gasteiger partial charge in [-0.15, -0.1) is 0 Å². The number of ketones is 1. The Balaban J connectivity index is 1.58. The van der Waals surface area contributed by atoms with Crippen LogP contribution in [0.5, 0.6) is 0 Å². The predicted molar refractivity (Wildman–Crippen MR) is 111 cm³/mol. The van der Waals surface area contributed by atoms with E-state index < -0.39 is 53.8 Å². The Hall–Kier alpha value is -3.13. The Morgan fingerprint density at radius 1 is 1.25 bits per heavy atom. The normalized spacial score (nSPS) is 20.3. The number of alkyl halides is 2. The van der Waals surface area contributed by atoms with Crippen LogP contribution in [0.1, 0.15) is 50.4 Å². The lowest BCUT2D eigenvalue weighted by molar-refractivity contribution is -0.144. The number of nitrogens with one attached hydrogen (secondary N) is 1. The van der Waals surface area contributed by atoms with E-state index in [0.29, 0.717) is 0 Å². The molecular weight excluding hydrogens is 442 g/mol. The molecule has 9 heteroatoms. The summed E-state index contributed by atoms with van der Waals surface area (Å²) in [5, 5.41) is 2.36. The first-order valence-corrected chi connectivity index (χ1v) is 10.1. The van der Waals surface area contributed by atoms with Crippen molar-refractivity contribution < 1.29 is 32.1 Å². The first kappa shape index (κ1) is 18.4. The third kappa shape index (κ3) is 4.14. The molecule has 2 aromatic rings. The quantitative estimate of drug-likeness (QED) is 0.665. The summed E-state index contributed by atoms with van der Waals surface area (Å²) in [5.74, 6) is -7.32. The zero-order valence-electron chi connectivity index (χ0n) is 19.6. The summed E-state index contributed by atoms with van der Waals surface area (Å²) in [6, 6.07) is 5.38. The largest absolute Gasteiger partial charge is 0.330 e. The van der Waals surface area contributed by atoms with Gasteiger partial charge in [0.1, 0.15) is 6.04 Å². The fourth-order valence-electron chi connectivity index (χ4n) is 3.71. The molecule has 0 aliphatic carbocycles. The fourth-order valence-corrected chi connectivity index (χ4v) is 3.84. The molecule has 0 aromatic heterocycles. The minimum Gasteiger partial charge on any atom is -0.322 e. The van der Waals surface area contributed by atoms with Crippen LogP contribution in [-0.4, -0.2) is 34.4 Å². The maximum absolute atomic E-state index is 14.7. The number of carbonyl (C=O) groups excluding carboxylic acids is 4. The van der Waals surface area contributed by atoms with Crippen LogP contribution in [-0.2, 0) is 33.2 Å². The number of rotatable bonds is 6. The highest BCUT2D eigenvalue weighted by Gasteiger charge is 2.41. The van der Waals surface area contributed by atoms with Gasteiger partial charge in [0, 0.05) is 38.3 Å². The molecule has 6 nitrogen and oxygen atoms in total. The van der Waals surface area contributed by atoms with Crippen molar-refractivity contribution in [3.8, 4) is 0 Å². The number of imide groups is 1. The van der Waals surface area contributed by atoms with E-state index in [1.807, 2.05) is 0 Å². The molecule has 32 heavy (non-hydrogen) atoms. The molecule has 0 saturated carbocycles. The van der Waals surface area contributed by atoms with Gasteiger partial charge in [0.2, 0.25) is 17.6 Å². The topological polar surface area (TPSA) is 83.6 Å². The highest BCUT2D eigenvalue weighted by Crippen LogP contribution is 2.32. The average molecular weight is 464 g/mol. The van der Waals surface area contributed by atoms with E-state index in [4.69, 9.17) is 15.7 Å². The smallest absolute Gasteiger partial charge is 0.322 e. The minimum absolute atomic E-state index is 0.0351. The van der Waals surface area contributed by atoms with Gasteiger partial charge >= 0.3 is 5.92 Å². The number of aryl methyl sites for hydroxylation is 1. The van der Waals surface area contributed by atoms with E-state index >= 15 is 0 Å². The zero-order chi connectivity index (χ0) is 25.7. The molecule has 2 heterocycles. The Kier molecular flexibility index (Phi) is 4.86. The second-order valence-electron chi connectivity index (χ2n) is 7.55. The molecule has 0 spiro atoms. The fraction of sp³-hybridized carbons (Fsp3) is 0.304. The summed E-state index contributed by atoms with van der Waals surface area (Å²) in [6.45, 7) is -0.120. The highest BCUT2D eigenvalue weighted by molar-refractivity contribution is 6.30. The van der Waals surface area contributed by atoms with Gasteiger partial charge in [-0.2, -0.15) is 8.78 Å². The Morgan fingerprint density at radius 3 is 2.66 bits per heavy atom. The van der Waals surface area contributed by atoms with E-state index in [1.165, 1.54) is 23.1 Å². The summed E-state index contributed by atoms with van der Waals surface area (Å²) in [6.07, 6.45) is -3.59. The SMILES string of the molecule is [2H]c1cc(C([2H])([2H])CC(=O)C(F)(F)c2ccc(Cl)cc2)cc2c1C(=O)N(C1CCC(=O)NC1=O)C2. The monoisotopic (exact) mass is 463 g/mol. The van der Waals surface area contributed by atoms with Gasteiger partial charge < -0.3 is 4.90 Å². The average Bonchev–Trinajstić information content (AvgIpc) is 3.10. The molecule has 1 unspecified atom stereocenters. The Morgan fingerprint density at radius 2 is 1.97 bits per heavy atom. The molecule has 2 aromatic carbocycles. The van der Waals surface area contributed by atoms with Crippen LogP contribution < -0.4 is 5.32 Å². The number of amides is 3. The molecule has 1 saturated heterocycles. The molecule has 1 N–H and O–H groups in total. The van der Waals surface area contributed by atoms with Crippen LogP contribution in [0, 0.1) is 0 Å². The molecule has 0 radical (unpaired) electrons. The number of Topliss-reactive ketones (excluding diaryl/α,β-unsaturated/α-hetero) is 1. The Bertz CT molecular complexity index is 1250. The van der Waals surface area contributed by atoms with E-state index in [1.54, 1.807) is 0 Å². The number of benzene rings is 2. The maximum Gasteiger partial charge on any atom is 0.330 e. The first-order valence-electron chi connectivity index (χ1n) is 11.3. The molecule has 0 bridgehead atoms. The van der Waals surface area contributed by atoms with E-state index in [-0.39, 0.29) is 47.1 Å². The van der Waals surface area contributed by atoms with Crippen molar-refractivity contribution in [3.05, 3.63) is 69.7 Å². The van der Waals surface area contributed by atoms with Gasteiger partial charge in [-0.25, -0.2) is 0 Å². The van der Waals surface area contributed by atoms with Crippen molar-refractivity contribution in [2.24, 2.45) is 0 Å². The van der Waals surface area contributed by atoms with Gasteiger partial charge in [-0.05, 0) is 42.1 Å². The summed E-state index contributed by atoms with van der Waals surface area (Å²) < 4.78 is 54.2. The number of halogens is 3. The van der Waals surface area contributed by atoms with E-state index in [9.17, 15) is 28.0 Å². The molecule has 166 valence electrons. The van der Waals surface area contributed by atoms with Crippen molar-refractivity contribution in [3.63, 3.8) is 0 Å². The summed E-state index contributed by atoms with van der Waals surface area (Å²) in [5.41, 5.74) is -0.627. The number of nitrogens with zero attached hydrogens (tertiary/aromatic N) is 1. The van der Waals surface area contributed by atoms with Gasteiger partial charge in [0.25, 0.3) is 5.91 Å². The van der Waals surface area contributed by atoms with Gasteiger partial charge in [0.05, 0.1) is 1.37 Å². The van der Waals surface area contributed by atoms with Crippen molar-refractivity contribution >= 4 is 35.1 Å². The molecule has 1 atom stereocenters. The van der Waals surface area contributed by atoms with Crippen LogP contribution in [0.3, 0.4) is 0 Å². The minimum atomic E-state index is -3.96. The third-order valence-corrected chi connectivity index (χ3v) is 5.69. The molecule has 1 fully saturated rings. The van der Waals surface area contributed by atoms with Crippen LogP contribution in [0.4, 0.5) is 8.78 Å². The molecule has 4 rings (SSSR count). The summed E-state index contributed by atoms with van der Waals surface area (Å²) in [4.78, 5) is 50.1. The van der Waals surface area contributed by atoms with Crippen molar-refractivity contribution in [1.29, 1.82) is 0 Å². The summed E-state index contributed by atoms with van der Waals surface area (Å²) >= 11 is 5.70. The van der Waals surface area contributed by atoms with E-state index in [2.05, 4.69) is 5.32 Å². The molecule has 3 amide bonds. The van der Waals surface area contributed by atoms with Crippen LogP contribution >= 0.6 is 11.6 Å². The highest BCUT2D eigenvalue weighted by atomic mass is 35.5. The lowest BCUT2D eigenvalue weighted by atomic mass is 9.97. The van der Waals surface area contributed by atoms with Crippen LogP contribution in [0.2, 0.25) is 5.02 Å². The predicted octanol–water partition coefficient (Wildman–Crippen LogP) is 3.39. The molecule has 2 aliphatic rings. The van der Waals surface area contributed by atoms with Crippen molar-refractivity contribution in [1.82, 2.24) is 10.2 Å². The van der Waals surface area contributed by atoms with Gasteiger partial charge in [0.15, 0.2) is 0 Å². The molecule has 2 aliphatic heterocycles. The molecular formula is C23H19ClF2N2O4. The van der Waals surface area contributed by atoms with E-state index in [0.717, 1.165) is 18.2 Å². The number of piperidine rings is 1. The van der Waals surface area contributed by atoms with Crippen LogP contribution in [0.25, 0.3) is 0 Å². The number of carbonyl (C=O) groups is 4. The second kappa shape index (κ2) is 8.43. The lowest BCUT2D eigenvalue weighted by Crippen LogP contribution is -2.52. The number of fused-ring (bicyclic) bond motifs is 1. The maximum atomic E-state index is 14.7. The van der Waals surface area contributed by atoms with Gasteiger partial charge in [-0.3, -0.25) is 24.5 Å². The third-order valence-electron chi connectivity index (χ3n) is 5.43. The summed E-state index contributed by atoms with van der Waals surface area (Å²) in [7, 11) is 0.